The van der Waals surface area contributed by atoms with Crippen LogP contribution >= 0.6 is 0 Å². The number of hydrogen-bond donors (Lipinski definition) is 0. The third-order valence-electron chi connectivity index (χ3n) is 11.6. The molecule has 0 radical (unpaired) electrons. The number of nitrogens with zero attached hydrogens (tertiary/aromatic N) is 2. The molecule has 0 spiro atoms. The van der Waals surface area contributed by atoms with E-state index >= 15 is 0 Å². The number of rotatable bonds is 41. The van der Waals surface area contributed by atoms with Crippen molar-refractivity contribution in [1.82, 2.24) is 9.80 Å². The zero-order valence-electron chi connectivity index (χ0n) is 34.6. The van der Waals surface area contributed by atoms with Crippen LogP contribution in [-0.2, 0) is 0 Å². The molecular weight excluding hydrogens is 593 g/mol. The van der Waals surface area contributed by atoms with Crippen LogP contribution in [0.4, 0.5) is 0 Å². The largest absolute Gasteiger partial charge is 0.356 e. The van der Waals surface area contributed by atoms with E-state index in [4.69, 9.17) is 0 Å². The van der Waals surface area contributed by atoms with E-state index in [-0.39, 0.29) is 0 Å². The second kappa shape index (κ2) is 38.6. The molecule has 0 aromatic heterocycles. The van der Waals surface area contributed by atoms with Crippen molar-refractivity contribution in [3.63, 3.8) is 0 Å². The zero-order chi connectivity index (χ0) is 35.1. The summed E-state index contributed by atoms with van der Waals surface area (Å²) in [5, 5.41) is 0. The van der Waals surface area contributed by atoms with Gasteiger partial charge in [-0.15, -0.1) is 0 Å². The Hall–Kier alpha value is -0.660. The molecule has 0 saturated heterocycles. The van der Waals surface area contributed by atoms with E-state index in [1.54, 1.807) is 0 Å². The predicted molar refractivity (Wildman–Crippen MR) is 223 cm³/mol. The summed E-state index contributed by atoms with van der Waals surface area (Å²) in [5.74, 6) is 0. The smallest absolute Gasteiger partial charge is 0.101 e. The molecule has 49 heavy (non-hydrogen) atoms. The van der Waals surface area contributed by atoms with Gasteiger partial charge >= 0.3 is 0 Å². The fourth-order valence-electron chi connectivity index (χ4n) is 8.13. The SMILES string of the molecule is CCCCCCCCCCCCCCCCCCCN1C=CN(CCCCCCCCCCCCCCC)C1CCCCCCCCCC. The van der Waals surface area contributed by atoms with Crippen molar-refractivity contribution in [2.24, 2.45) is 0 Å². The van der Waals surface area contributed by atoms with Gasteiger partial charge in [-0.05, 0) is 25.7 Å². The molecule has 0 aromatic carbocycles. The average molecular weight is 687 g/mol. The molecule has 0 aromatic rings. The molecule has 0 fully saturated rings. The minimum Gasteiger partial charge on any atom is -0.356 e. The molecule has 1 aliphatic heterocycles. The summed E-state index contributed by atoms with van der Waals surface area (Å²) >= 11 is 0. The maximum atomic E-state index is 2.73. The minimum atomic E-state index is 0.637. The van der Waals surface area contributed by atoms with Gasteiger partial charge in [-0.2, -0.15) is 0 Å². The molecule has 1 aliphatic rings. The lowest BCUT2D eigenvalue weighted by atomic mass is 10.0. The van der Waals surface area contributed by atoms with E-state index in [9.17, 15) is 0 Å². The summed E-state index contributed by atoms with van der Waals surface area (Å²) in [5.41, 5.74) is 0. The van der Waals surface area contributed by atoms with Crippen LogP contribution in [0.5, 0.6) is 0 Å². The molecule has 1 rings (SSSR count). The van der Waals surface area contributed by atoms with Gasteiger partial charge in [-0.1, -0.05) is 245 Å². The van der Waals surface area contributed by atoms with Crippen molar-refractivity contribution in [3.8, 4) is 0 Å². The first kappa shape index (κ1) is 46.4. The normalized spacial score (nSPS) is 14.6. The highest BCUT2D eigenvalue weighted by Gasteiger charge is 2.24. The van der Waals surface area contributed by atoms with Crippen molar-refractivity contribution in [3.05, 3.63) is 12.4 Å². The van der Waals surface area contributed by atoms with Crippen molar-refractivity contribution in [2.45, 2.75) is 277 Å². The third-order valence-corrected chi connectivity index (χ3v) is 11.6. The first-order valence-corrected chi connectivity index (χ1v) is 23.5. The van der Waals surface area contributed by atoms with Gasteiger partial charge in [0.15, 0.2) is 0 Å². The van der Waals surface area contributed by atoms with Crippen LogP contribution in [-0.4, -0.2) is 29.1 Å². The lowest BCUT2D eigenvalue weighted by Crippen LogP contribution is -2.39. The number of hydrogen-bond acceptors (Lipinski definition) is 2. The number of unbranched alkanes of at least 4 members (excludes halogenated alkanes) is 35. The van der Waals surface area contributed by atoms with Gasteiger partial charge in [-0.25, -0.2) is 0 Å². The molecule has 292 valence electrons. The van der Waals surface area contributed by atoms with E-state index in [1.807, 2.05) is 0 Å². The fourth-order valence-corrected chi connectivity index (χ4v) is 8.13. The maximum Gasteiger partial charge on any atom is 0.101 e. The Morgan fingerprint density at radius 3 is 0.714 bits per heavy atom. The molecule has 1 heterocycles. The molecule has 0 aliphatic carbocycles. The first-order valence-electron chi connectivity index (χ1n) is 23.5. The molecular formula is C47H94N2. The Bertz CT molecular complexity index is 644. The van der Waals surface area contributed by atoms with E-state index in [2.05, 4.69) is 43.0 Å². The van der Waals surface area contributed by atoms with Gasteiger partial charge in [0.2, 0.25) is 0 Å². The monoisotopic (exact) mass is 687 g/mol. The standard InChI is InChI=1S/C47H94N2/c1-4-7-10-13-16-19-21-23-24-25-26-28-30-32-35-38-41-44-49-46-45-48(47(49)42-39-36-33-18-15-12-9-6-3)43-40-37-34-31-29-27-22-20-17-14-11-8-5-2/h45-47H,4-44H2,1-3H3. The molecule has 1 unspecified atom stereocenters. The van der Waals surface area contributed by atoms with Crippen molar-refractivity contribution in [2.75, 3.05) is 13.1 Å². The second-order valence-electron chi connectivity index (χ2n) is 16.4. The molecule has 2 heteroatoms. The Kier molecular flexibility index (Phi) is 36.5. The van der Waals surface area contributed by atoms with Crippen LogP contribution in [0.3, 0.4) is 0 Å². The average Bonchev–Trinajstić information content (AvgIpc) is 3.50. The topological polar surface area (TPSA) is 6.48 Å². The van der Waals surface area contributed by atoms with E-state index < -0.39 is 0 Å². The van der Waals surface area contributed by atoms with Crippen molar-refractivity contribution in [1.29, 1.82) is 0 Å². The lowest BCUT2D eigenvalue weighted by molar-refractivity contribution is 0.135. The highest BCUT2D eigenvalue weighted by atomic mass is 15.4. The first-order chi connectivity index (χ1) is 24.3. The predicted octanol–water partition coefficient (Wildman–Crippen LogP) is 16.7. The van der Waals surface area contributed by atoms with Crippen LogP contribution in [0, 0.1) is 0 Å². The van der Waals surface area contributed by atoms with E-state index in [1.165, 1.54) is 264 Å². The summed E-state index contributed by atoms with van der Waals surface area (Å²) in [6.45, 7) is 9.49. The van der Waals surface area contributed by atoms with Crippen LogP contribution in [0.25, 0.3) is 0 Å². The highest BCUT2D eigenvalue weighted by Crippen LogP contribution is 2.24. The highest BCUT2D eigenvalue weighted by molar-refractivity contribution is 4.97. The molecule has 0 bridgehead atoms. The Morgan fingerprint density at radius 2 is 0.469 bits per heavy atom. The molecule has 2 nitrogen and oxygen atoms in total. The van der Waals surface area contributed by atoms with E-state index in [0.717, 1.165) is 0 Å². The minimum absolute atomic E-state index is 0.637. The quantitative estimate of drug-likeness (QED) is 0.0591. The van der Waals surface area contributed by atoms with Crippen molar-refractivity contribution < 1.29 is 0 Å². The van der Waals surface area contributed by atoms with Gasteiger partial charge in [-0.3, -0.25) is 0 Å². The third kappa shape index (κ3) is 30.7. The maximum absolute atomic E-state index is 2.73. The van der Waals surface area contributed by atoms with E-state index in [0.29, 0.717) is 6.17 Å². The van der Waals surface area contributed by atoms with Gasteiger partial charge < -0.3 is 9.80 Å². The van der Waals surface area contributed by atoms with Gasteiger partial charge in [0.05, 0.1) is 0 Å². The lowest BCUT2D eigenvalue weighted by Gasteiger charge is -2.33. The molecule has 0 saturated carbocycles. The summed E-state index contributed by atoms with van der Waals surface area (Å²) in [6.07, 6.45) is 61.9. The van der Waals surface area contributed by atoms with Crippen molar-refractivity contribution >= 4 is 0 Å². The molecule has 0 N–H and O–H groups in total. The zero-order valence-corrected chi connectivity index (χ0v) is 34.6. The summed E-state index contributed by atoms with van der Waals surface area (Å²) in [6, 6.07) is 0. The Morgan fingerprint density at radius 1 is 0.265 bits per heavy atom. The van der Waals surface area contributed by atoms with Crippen LogP contribution < -0.4 is 0 Å². The van der Waals surface area contributed by atoms with Crippen LogP contribution in [0.2, 0.25) is 0 Å². The Labute approximate surface area is 311 Å². The van der Waals surface area contributed by atoms with Gasteiger partial charge in [0, 0.05) is 25.5 Å². The fraction of sp³-hybridized carbons (Fsp3) is 0.957. The summed E-state index contributed by atoms with van der Waals surface area (Å²) < 4.78 is 0. The van der Waals surface area contributed by atoms with Gasteiger partial charge in [0.1, 0.15) is 6.17 Å². The van der Waals surface area contributed by atoms with Crippen LogP contribution in [0.1, 0.15) is 271 Å². The second-order valence-corrected chi connectivity index (χ2v) is 16.4. The van der Waals surface area contributed by atoms with Gasteiger partial charge in [0.25, 0.3) is 0 Å². The molecule has 0 amide bonds. The summed E-state index contributed by atoms with van der Waals surface area (Å²) in [7, 11) is 0. The summed E-state index contributed by atoms with van der Waals surface area (Å²) in [4.78, 5) is 5.46. The molecule has 1 atom stereocenters. The van der Waals surface area contributed by atoms with Crippen LogP contribution in [0.15, 0.2) is 12.4 Å². The Balaban J connectivity index is 2.14.